The van der Waals surface area contributed by atoms with Gasteiger partial charge in [-0.2, -0.15) is 0 Å². The van der Waals surface area contributed by atoms with Crippen LogP contribution in [0.5, 0.6) is 0 Å². The summed E-state index contributed by atoms with van der Waals surface area (Å²) in [6.45, 7) is 3.40. The van der Waals surface area contributed by atoms with Crippen molar-refractivity contribution in [2.24, 2.45) is 0 Å². The van der Waals surface area contributed by atoms with Crippen molar-refractivity contribution < 1.29 is 18.7 Å². The van der Waals surface area contributed by atoms with Crippen LogP contribution in [0.1, 0.15) is 72.6 Å². The number of aliphatic hydroxyl groups is 1. The number of nitrogens with zero attached hydrogens (tertiary/aromatic N) is 3. The SMILES string of the molecule is O=C(CCCCN1CCC(F)CC1)c1ccc2c(c1)sc1nc(-c3ccc([C@H]4CCCN4)cc3F)c(CCO)n12. The third-order valence-electron chi connectivity index (χ3n) is 8.37. The molecule has 1 atom stereocenters. The lowest BCUT2D eigenvalue weighted by Gasteiger charge is -2.28. The average Bonchev–Trinajstić information content (AvgIpc) is 3.69. The highest BCUT2D eigenvalue weighted by molar-refractivity contribution is 7.23. The standard InChI is InChI=1S/C31H36F2N4O2S/c32-22-10-15-36(16-11-22)14-2-1-5-28(39)21-7-9-26-29(19-21)40-31-35-30(27(12-17-38)37(26)31)23-8-6-20(18-24(23)33)25-4-3-13-34-25/h6-9,18-19,22,25,34,38H,1-5,10-17H2/t25-/m1/s1. The highest BCUT2D eigenvalue weighted by atomic mass is 32.1. The zero-order valence-corrected chi connectivity index (χ0v) is 23.5. The molecule has 0 saturated carbocycles. The summed E-state index contributed by atoms with van der Waals surface area (Å²) in [5, 5.41) is 13.3. The van der Waals surface area contributed by atoms with Crippen molar-refractivity contribution >= 4 is 32.3 Å². The van der Waals surface area contributed by atoms with Gasteiger partial charge in [0.2, 0.25) is 0 Å². The van der Waals surface area contributed by atoms with Crippen LogP contribution in [0.2, 0.25) is 0 Å². The number of hydrogen-bond donors (Lipinski definition) is 2. The van der Waals surface area contributed by atoms with Gasteiger partial charge >= 0.3 is 0 Å². The Morgan fingerprint density at radius 2 is 1.98 bits per heavy atom. The van der Waals surface area contributed by atoms with E-state index in [-0.39, 0.29) is 24.2 Å². The Morgan fingerprint density at radius 1 is 1.12 bits per heavy atom. The van der Waals surface area contributed by atoms with E-state index in [1.165, 1.54) is 11.3 Å². The Labute approximate surface area is 237 Å². The number of alkyl halides is 1. The predicted molar refractivity (Wildman–Crippen MR) is 155 cm³/mol. The fourth-order valence-corrected chi connectivity index (χ4v) is 7.24. The van der Waals surface area contributed by atoms with E-state index in [9.17, 15) is 14.3 Å². The molecule has 212 valence electrons. The number of carbonyl (C=O) groups excluding carboxylic acids is 1. The molecule has 0 unspecified atom stereocenters. The molecule has 2 saturated heterocycles. The quantitative estimate of drug-likeness (QED) is 0.179. The number of thiazole rings is 1. The average molecular weight is 567 g/mol. The molecule has 4 aromatic rings. The molecule has 2 N–H and O–H groups in total. The minimum absolute atomic E-state index is 0.0772. The Bertz CT molecular complexity index is 1500. The lowest BCUT2D eigenvalue weighted by molar-refractivity contribution is 0.0976. The molecule has 9 heteroatoms. The number of benzene rings is 2. The first kappa shape index (κ1) is 27.4. The molecule has 2 fully saturated rings. The highest BCUT2D eigenvalue weighted by Crippen LogP contribution is 2.36. The van der Waals surface area contributed by atoms with E-state index < -0.39 is 6.17 Å². The van der Waals surface area contributed by atoms with Crippen LogP contribution in [0.3, 0.4) is 0 Å². The van der Waals surface area contributed by atoms with Crippen molar-refractivity contribution in [3.8, 4) is 11.3 Å². The van der Waals surface area contributed by atoms with Gasteiger partial charge in [-0.05, 0) is 87.5 Å². The molecule has 0 amide bonds. The normalized spacial score (nSPS) is 18.8. The number of aliphatic hydroxyl groups excluding tert-OH is 1. The lowest BCUT2D eigenvalue weighted by atomic mass is 10.0. The lowest BCUT2D eigenvalue weighted by Crippen LogP contribution is -2.35. The van der Waals surface area contributed by atoms with Crippen LogP contribution in [0.4, 0.5) is 8.78 Å². The first-order valence-electron chi connectivity index (χ1n) is 14.5. The minimum atomic E-state index is -0.661. The molecule has 4 heterocycles. The molecule has 2 aliphatic rings. The topological polar surface area (TPSA) is 69.9 Å². The number of likely N-dealkylation sites (tertiary alicyclic amines) is 1. The second-order valence-corrected chi connectivity index (χ2v) is 12.1. The number of rotatable bonds is 10. The smallest absolute Gasteiger partial charge is 0.195 e. The number of halogens is 2. The van der Waals surface area contributed by atoms with Gasteiger partial charge in [-0.3, -0.25) is 9.20 Å². The van der Waals surface area contributed by atoms with E-state index in [4.69, 9.17) is 4.98 Å². The van der Waals surface area contributed by atoms with Gasteiger partial charge in [0.25, 0.3) is 0 Å². The van der Waals surface area contributed by atoms with Gasteiger partial charge < -0.3 is 15.3 Å². The van der Waals surface area contributed by atoms with Crippen LogP contribution in [0.25, 0.3) is 26.4 Å². The van der Waals surface area contributed by atoms with Crippen LogP contribution in [0.15, 0.2) is 36.4 Å². The zero-order chi connectivity index (χ0) is 27.6. The predicted octanol–water partition coefficient (Wildman–Crippen LogP) is 6.10. The number of ketones is 1. The van der Waals surface area contributed by atoms with Crippen LogP contribution < -0.4 is 5.32 Å². The summed E-state index contributed by atoms with van der Waals surface area (Å²) in [4.78, 5) is 20.8. The maximum absolute atomic E-state index is 15.4. The highest BCUT2D eigenvalue weighted by Gasteiger charge is 2.23. The maximum Gasteiger partial charge on any atom is 0.195 e. The van der Waals surface area contributed by atoms with Crippen molar-refractivity contribution in [1.29, 1.82) is 0 Å². The number of imidazole rings is 1. The monoisotopic (exact) mass is 566 g/mol. The number of hydrogen-bond acceptors (Lipinski definition) is 6. The molecule has 0 aliphatic carbocycles. The fraction of sp³-hybridized carbons (Fsp3) is 0.484. The van der Waals surface area contributed by atoms with E-state index in [2.05, 4.69) is 10.2 Å². The van der Waals surface area contributed by atoms with Gasteiger partial charge in [-0.1, -0.05) is 17.4 Å². The third kappa shape index (κ3) is 5.57. The Kier molecular flexibility index (Phi) is 8.25. The molecule has 2 aliphatic heterocycles. The summed E-state index contributed by atoms with van der Waals surface area (Å²) in [6.07, 6.45) is 5.24. The third-order valence-corrected chi connectivity index (χ3v) is 9.37. The van der Waals surface area contributed by atoms with E-state index in [1.807, 2.05) is 28.7 Å². The summed E-state index contributed by atoms with van der Waals surface area (Å²) in [5.74, 6) is -0.189. The molecule has 0 radical (unpaired) electrons. The first-order chi connectivity index (χ1) is 19.5. The van der Waals surface area contributed by atoms with Gasteiger partial charge in [-0.15, -0.1) is 0 Å². The van der Waals surface area contributed by atoms with Crippen LogP contribution in [-0.2, 0) is 6.42 Å². The summed E-state index contributed by atoms with van der Waals surface area (Å²) >= 11 is 1.47. The van der Waals surface area contributed by atoms with Gasteiger partial charge in [-0.25, -0.2) is 13.8 Å². The number of carbonyl (C=O) groups is 1. The van der Waals surface area contributed by atoms with Crippen molar-refractivity contribution in [3.05, 3.63) is 59.0 Å². The van der Waals surface area contributed by atoms with Crippen LogP contribution in [-0.4, -0.2) is 64.1 Å². The van der Waals surface area contributed by atoms with Crippen molar-refractivity contribution in [2.75, 3.05) is 32.8 Å². The fourth-order valence-electron chi connectivity index (χ4n) is 6.15. The van der Waals surface area contributed by atoms with Gasteiger partial charge in [0.1, 0.15) is 12.0 Å². The number of piperidine rings is 1. The van der Waals surface area contributed by atoms with Gasteiger partial charge in [0.15, 0.2) is 10.7 Å². The Hall–Kier alpha value is -2.72. The molecule has 6 nitrogen and oxygen atoms in total. The Balaban J connectivity index is 1.20. The van der Waals surface area contributed by atoms with Crippen molar-refractivity contribution in [1.82, 2.24) is 19.6 Å². The molecule has 6 rings (SSSR count). The first-order valence-corrected chi connectivity index (χ1v) is 15.3. The molecule has 0 bridgehead atoms. The molecule has 2 aromatic heterocycles. The zero-order valence-electron chi connectivity index (χ0n) is 22.7. The van der Waals surface area contributed by atoms with Gasteiger partial charge in [0, 0.05) is 49.7 Å². The summed E-state index contributed by atoms with van der Waals surface area (Å²) in [6, 6.07) is 11.3. The van der Waals surface area contributed by atoms with E-state index >= 15 is 4.39 Å². The molecule has 2 aromatic carbocycles. The number of fused-ring (bicyclic) bond motifs is 3. The van der Waals surface area contributed by atoms with E-state index in [0.717, 1.165) is 78.3 Å². The van der Waals surface area contributed by atoms with Crippen LogP contribution >= 0.6 is 11.3 Å². The minimum Gasteiger partial charge on any atom is -0.396 e. The molecular weight excluding hydrogens is 530 g/mol. The number of Topliss-reactive ketones (excluding diaryl/α,β-unsaturated/α-hetero) is 1. The molecule has 40 heavy (non-hydrogen) atoms. The largest absolute Gasteiger partial charge is 0.396 e. The molecular formula is C31H36F2N4O2S. The second-order valence-electron chi connectivity index (χ2n) is 11.1. The molecule has 0 spiro atoms. The van der Waals surface area contributed by atoms with E-state index in [1.54, 1.807) is 12.1 Å². The Morgan fingerprint density at radius 3 is 2.73 bits per heavy atom. The number of unbranched alkanes of at least 4 members (excludes halogenated alkanes) is 1. The number of nitrogens with one attached hydrogen (secondary N) is 1. The second kappa shape index (κ2) is 12.0. The van der Waals surface area contributed by atoms with Crippen molar-refractivity contribution in [3.63, 3.8) is 0 Å². The number of aromatic nitrogens is 2. The van der Waals surface area contributed by atoms with E-state index in [0.29, 0.717) is 42.5 Å². The van der Waals surface area contributed by atoms with Crippen molar-refractivity contribution in [2.45, 2.75) is 63.6 Å². The summed E-state index contributed by atoms with van der Waals surface area (Å²) in [5.41, 5.74) is 4.30. The summed E-state index contributed by atoms with van der Waals surface area (Å²) < 4.78 is 31.6. The van der Waals surface area contributed by atoms with Gasteiger partial charge in [0.05, 0.1) is 21.6 Å². The summed E-state index contributed by atoms with van der Waals surface area (Å²) in [7, 11) is 0. The maximum atomic E-state index is 15.4. The van der Waals surface area contributed by atoms with Crippen LogP contribution in [0, 0.1) is 5.82 Å².